The number of aryl methyl sites for hydroxylation is 1. The zero-order valence-corrected chi connectivity index (χ0v) is 15.4. The Hall–Kier alpha value is -2.26. The largest absolute Gasteiger partial charge is 0.496 e. The molecule has 26 heavy (non-hydrogen) atoms. The smallest absolute Gasteiger partial charge is 0.131 e. The average molecular weight is 349 g/mol. The molecule has 4 rings (SSSR count). The first kappa shape index (κ1) is 17.2. The summed E-state index contributed by atoms with van der Waals surface area (Å²) in [6.07, 6.45) is 5.25. The lowest BCUT2D eigenvalue weighted by molar-refractivity contribution is 0.358. The van der Waals surface area contributed by atoms with Gasteiger partial charge in [0, 0.05) is 0 Å². The molecule has 0 amide bonds. The molecule has 0 spiro atoms. The van der Waals surface area contributed by atoms with Crippen LogP contribution in [0.3, 0.4) is 0 Å². The third-order valence-corrected chi connectivity index (χ3v) is 5.73. The van der Waals surface area contributed by atoms with Crippen molar-refractivity contribution >= 4 is 21.5 Å². The Morgan fingerprint density at radius 3 is 2.65 bits per heavy atom. The summed E-state index contributed by atoms with van der Waals surface area (Å²) >= 11 is 0. The molecule has 3 heteroatoms. The fourth-order valence-electron chi connectivity index (χ4n) is 4.54. The van der Waals surface area contributed by atoms with E-state index >= 15 is 0 Å². The van der Waals surface area contributed by atoms with Gasteiger partial charge in [-0.3, -0.25) is 0 Å². The lowest BCUT2D eigenvalue weighted by Crippen LogP contribution is -2.10. The first-order valence-corrected chi connectivity index (χ1v) is 9.33. The van der Waals surface area contributed by atoms with Gasteiger partial charge in [-0.2, -0.15) is 0 Å². The molecule has 3 aromatic carbocycles. The van der Waals surface area contributed by atoms with Gasteiger partial charge in [-0.1, -0.05) is 24.3 Å². The van der Waals surface area contributed by atoms with E-state index in [1.807, 2.05) is 12.1 Å². The second-order valence-electron chi connectivity index (χ2n) is 7.04. The van der Waals surface area contributed by atoms with Gasteiger partial charge in [0.25, 0.3) is 0 Å². The van der Waals surface area contributed by atoms with E-state index in [0.29, 0.717) is 5.92 Å². The van der Waals surface area contributed by atoms with Crippen LogP contribution in [0.1, 0.15) is 42.7 Å². The molecular weight excluding hydrogens is 324 g/mol. The summed E-state index contributed by atoms with van der Waals surface area (Å²) in [5.74, 6) is 2.23. The van der Waals surface area contributed by atoms with Gasteiger partial charge in [0.15, 0.2) is 0 Å². The minimum atomic E-state index is 0.526. The Bertz CT molecular complexity index is 945. The van der Waals surface area contributed by atoms with Crippen LogP contribution in [0.15, 0.2) is 36.4 Å². The van der Waals surface area contributed by atoms with Gasteiger partial charge in [-0.05, 0) is 77.4 Å². The Labute approximate surface area is 154 Å². The molecule has 3 aromatic rings. The maximum Gasteiger partial charge on any atom is 0.131 e. The fourth-order valence-corrected chi connectivity index (χ4v) is 4.54. The van der Waals surface area contributed by atoms with E-state index in [2.05, 4.69) is 24.3 Å². The molecule has 1 radical (unpaired) electrons. The van der Waals surface area contributed by atoms with Crippen molar-refractivity contribution in [3.8, 4) is 11.5 Å². The fraction of sp³-hybridized carbons (Fsp3) is 0.348. The van der Waals surface area contributed by atoms with Crippen LogP contribution in [0.2, 0.25) is 0 Å². The van der Waals surface area contributed by atoms with Gasteiger partial charge in [0.2, 0.25) is 0 Å². The van der Waals surface area contributed by atoms with Crippen molar-refractivity contribution in [3.63, 3.8) is 0 Å². The molecule has 0 bridgehead atoms. The first-order chi connectivity index (χ1) is 12.8. The number of hydrogen-bond acceptors (Lipinski definition) is 3. The molecule has 0 heterocycles. The molecule has 0 saturated carbocycles. The molecule has 135 valence electrons. The minimum absolute atomic E-state index is 0.526. The SMILES string of the molecule is COc1cccc2c1c(OC)cc1c3c(ccc12)C(CC[CH]O)CCC3. The maximum absolute atomic E-state index is 9.10. The zero-order chi connectivity index (χ0) is 18.1. The molecule has 0 saturated heterocycles. The third kappa shape index (κ3) is 2.71. The number of ether oxygens (including phenoxy) is 2. The van der Waals surface area contributed by atoms with Crippen molar-refractivity contribution in [1.82, 2.24) is 0 Å². The second-order valence-corrected chi connectivity index (χ2v) is 7.04. The normalized spacial score (nSPS) is 16.7. The first-order valence-electron chi connectivity index (χ1n) is 9.33. The van der Waals surface area contributed by atoms with E-state index in [1.54, 1.807) is 14.2 Å². The van der Waals surface area contributed by atoms with Gasteiger partial charge in [0.1, 0.15) is 11.5 Å². The van der Waals surface area contributed by atoms with Crippen molar-refractivity contribution < 1.29 is 14.6 Å². The van der Waals surface area contributed by atoms with E-state index in [4.69, 9.17) is 14.6 Å². The van der Waals surface area contributed by atoms with Gasteiger partial charge in [0.05, 0.1) is 26.2 Å². The lowest BCUT2D eigenvalue weighted by atomic mass is 9.78. The lowest BCUT2D eigenvalue weighted by Gasteiger charge is -2.27. The average Bonchev–Trinajstić information content (AvgIpc) is 2.70. The molecule has 0 aliphatic heterocycles. The summed E-state index contributed by atoms with van der Waals surface area (Å²) in [4.78, 5) is 0. The van der Waals surface area contributed by atoms with Gasteiger partial charge in [-0.25, -0.2) is 0 Å². The summed E-state index contributed by atoms with van der Waals surface area (Å²) in [5, 5.41) is 13.9. The highest BCUT2D eigenvalue weighted by atomic mass is 16.5. The van der Waals surface area contributed by atoms with E-state index in [-0.39, 0.29) is 0 Å². The number of aliphatic hydroxyl groups is 1. The van der Waals surface area contributed by atoms with Crippen LogP contribution in [0.5, 0.6) is 11.5 Å². The number of fused-ring (bicyclic) bond motifs is 5. The molecule has 0 fully saturated rings. The van der Waals surface area contributed by atoms with E-state index in [9.17, 15) is 0 Å². The van der Waals surface area contributed by atoms with Crippen LogP contribution in [0.25, 0.3) is 21.5 Å². The van der Waals surface area contributed by atoms with Gasteiger partial charge < -0.3 is 14.6 Å². The van der Waals surface area contributed by atoms with E-state index in [0.717, 1.165) is 36.1 Å². The van der Waals surface area contributed by atoms with Crippen LogP contribution in [-0.2, 0) is 6.42 Å². The monoisotopic (exact) mass is 349 g/mol. The highest BCUT2D eigenvalue weighted by Gasteiger charge is 2.23. The second kappa shape index (κ2) is 7.16. The summed E-state index contributed by atoms with van der Waals surface area (Å²) < 4.78 is 11.3. The molecule has 0 aromatic heterocycles. The maximum atomic E-state index is 9.10. The summed E-state index contributed by atoms with van der Waals surface area (Å²) in [5.41, 5.74) is 2.88. The van der Waals surface area contributed by atoms with E-state index in [1.165, 1.54) is 46.7 Å². The minimum Gasteiger partial charge on any atom is -0.496 e. The number of methoxy groups -OCH3 is 2. The molecule has 1 aliphatic carbocycles. The number of aliphatic hydroxyl groups excluding tert-OH is 1. The van der Waals surface area contributed by atoms with E-state index < -0.39 is 0 Å². The molecular formula is C23H25O3. The van der Waals surface area contributed by atoms with Crippen molar-refractivity contribution in [2.45, 2.75) is 38.0 Å². The van der Waals surface area contributed by atoms with Crippen molar-refractivity contribution in [1.29, 1.82) is 0 Å². The quantitative estimate of drug-likeness (QED) is 0.597. The summed E-state index contributed by atoms with van der Waals surface area (Å²) in [7, 11) is 3.43. The number of rotatable bonds is 5. The third-order valence-electron chi connectivity index (χ3n) is 5.73. The number of benzene rings is 3. The van der Waals surface area contributed by atoms with Crippen LogP contribution in [0.4, 0.5) is 0 Å². The summed E-state index contributed by atoms with van der Waals surface area (Å²) in [6.45, 7) is 1.29. The highest BCUT2D eigenvalue weighted by Crippen LogP contribution is 2.44. The van der Waals surface area contributed by atoms with Crippen LogP contribution >= 0.6 is 0 Å². The van der Waals surface area contributed by atoms with Crippen molar-refractivity contribution in [2.24, 2.45) is 0 Å². The Kier molecular flexibility index (Phi) is 4.73. The Morgan fingerprint density at radius 1 is 1.04 bits per heavy atom. The van der Waals surface area contributed by atoms with Crippen LogP contribution < -0.4 is 9.47 Å². The van der Waals surface area contributed by atoms with Gasteiger partial charge in [-0.15, -0.1) is 0 Å². The predicted molar refractivity (Wildman–Crippen MR) is 106 cm³/mol. The van der Waals surface area contributed by atoms with Crippen molar-refractivity contribution in [3.05, 3.63) is 54.1 Å². The molecule has 1 unspecified atom stereocenters. The topological polar surface area (TPSA) is 38.7 Å². The van der Waals surface area contributed by atoms with Crippen LogP contribution in [-0.4, -0.2) is 19.3 Å². The van der Waals surface area contributed by atoms with Gasteiger partial charge >= 0.3 is 0 Å². The summed E-state index contributed by atoms with van der Waals surface area (Å²) in [6, 6.07) is 12.9. The van der Waals surface area contributed by atoms with Crippen LogP contribution in [0, 0.1) is 6.61 Å². The predicted octanol–water partition coefficient (Wildman–Crippen LogP) is 5.74. The molecule has 1 atom stereocenters. The molecule has 1 aliphatic rings. The Morgan fingerprint density at radius 2 is 1.88 bits per heavy atom. The van der Waals surface area contributed by atoms with Crippen molar-refractivity contribution in [2.75, 3.05) is 14.2 Å². The number of hydrogen-bond donors (Lipinski definition) is 1. The molecule has 3 nitrogen and oxygen atoms in total. The Balaban J connectivity index is 1.98. The standard InChI is InChI=1S/C23H25O3/c1-25-21-10-4-9-19-18-12-11-16-15(7-5-13-24)6-3-8-17(16)20(18)14-22(26-2)23(19)21/h4,9-15,24H,3,5-8H2,1-2H3. The molecule has 1 N–H and O–H groups in total. The zero-order valence-electron chi connectivity index (χ0n) is 15.4. The highest BCUT2D eigenvalue weighted by molar-refractivity contribution is 6.13.